The van der Waals surface area contributed by atoms with Crippen LogP contribution in [-0.4, -0.2) is 42.4 Å². The van der Waals surface area contributed by atoms with E-state index in [1.54, 1.807) is 0 Å². The zero-order valence-corrected chi connectivity index (χ0v) is 15.0. The molecule has 0 saturated carbocycles. The number of piperidine rings is 1. The Morgan fingerprint density at radius 1 is 1.29 bits per heavy atom. The molecule has 2 N–H and O–H groups in total. The van der Waals surface area contributed by atoms with Crippen LogP contribution >= 0.6 is 0 Å². The van der Waals surface area contributed by atoms with Crippen LogP contribution in [0, 0.1) is 0 Å². The first kappa shape index (κ1) is 18.5. The van der Waals surface area contributed by atoms with Gasteiger partial charge in [0.2, 0.25) is 11.8 Å². The van der Waals surface area contributed by atoms with Crippen LogP contribution in [0.1, 0.15) is 50.8 Å². The first-order valence-electron chi connectivity index (χ1n) is 8.85. The van der Waals surface area contributed by atoms with Gasteiger partial charge >= 0.3 is 0 Å². The smallest absolute Gasteiger partial charge is 0.234 e. The minimum Gasteiger partial charge on any atom is -0.352 e. The maximum absolute atomic E-state index is 12.3. The van der Waals surface area contributed by atoms with Crippen LogP contribution in [0.25, 0.3) is 0 Å². The lowest BCUT2D eigenvalue weighted by Crippen LogP contribution is -2.49. The molecule has 0 aliphatic carbocycles. The molecular formula is C19H29N3O2. The number of benzene rings is 1. The van der Waals surface area contributed by atoms with E-state index in [2.05, 4.69) is 46.7 Å². The van der Waals surface area contributed by atoms with Crippen molar-refractivity contribution in [1.82, 2.24) is 15.5 Å². The highest BCUT2D eigenvalue weighted by atomic mass is 16.2. The molecule has 1 aromatic carbocycles. The van der Waals surface area contributed by atoms with Gasteiger partial charge in [-0.25, -0.2) is 0 Å². The van der Waals surface area contributed by atoms with E-state index in [1.807, 2.05) is 6.92 Å². The molecule has 1 aliphatic rings. The predicted octanol–water partition coefficient (Wildman–Crippen LogP) is 2.03. The van der Waals surface area contributed by atoms with E-state index >= 15 is 0 Å². The summed E-state index contributed by atoms with van der Waals surface area (Å²) in [5.41, 5.74) is 2.42. The molecule has 0 aromatic heterocycles. The molecule has 0 radical (unpaired) electrons. The number of hydrogen-bond donors (Lipinski definition) is 2. The number of nitrogens with zero attached hydrogens (tertiary/aromatic N) is 1. The molecule has 2 atom stereocenters. The van der Waals surface area contributed by atoms with Crippen molar-refractivity contribution in [3.05, 3.63) is 35.4 Å². The summed E-state index contributed by atoms with van der Waals surface area (Å²) in [6.45, 7) is 7.71. The number of rotatable bonds is 6. The Labute approximate surface area is 144 Å². The second-order valence-corrected chi connectivity index (χ2v) is 6.66. The zero-order valence-electron chi connectivity index (χ0n) is 15.0. The van der Waals surface area contributed by atoms with Gasteiger partial charge in [0.1, 0.15) is 0 Å². The Morgan fingerprint density at radius 3 is 2.62 bits per heavy atom. The Balaban J connectivity index is 1.82. The number of aryl methyl sites for hydroxylation is 1. The minimum atomic E-state index is -0.00421. The molecule has 5 heteroatoms. The Bertz CT molecular complexity index is 556. The van der Waals surface area contributed by atoms with Gasteiger partial charge in [-0.1, -0.05) is 31.2 Å². The van der Waals surface area contributed by atoms with E-state index in [4.69, 9.17) is 0 Å². The molecule has 5 nitrogen and oxygen atoms in total. The minimum absolute atomic E-state index is 0.000613. The van der Waals surface area contributed by atoms with Gasteiger partial charge in [0.15, 0.2) is 0 Å². The normalized spacial score (nSPS) is 19.5. The zero-order chi connectivity index (χ0) is 17.5. The van der Waals surface area contributed by atoms with Gasteiger partial charge in [-0.05, 0) is 43.9 Å². The summed E-state index contributed by atoms with van der Waals surface area (Å²) in [5.74, 6) is 0.0287. The van der Waals surface area contributed by atoms with E-state index in [-0.39, 0.29) is 23.9 Å². The van der Waals surface area contributed by atoms with Crippen molar-refractivity contribution in [3.8, 4) is 0 Å². The molecule has 2 rings (SSSR count). The van der Waals surface area contributed by atoms with Crippen molar-refractivity contribution in [3.63, 3.8) is 0 Å². The predicted molar refractivity (Wildman–Crippen MR) is 95.7 cm³/mol. The van der Waals surface area contributed by atoms with Gasteiger partial charge in [-0.3, -0.25) is 14.5 Å². The lowest BCUT2D eigenvalue weighted by Gasteiger charge is -2.32. The summed E-state index contributed by atoms with van der Waals surface area (Å²) >= 11 is 0. The van der Waals surface area contributed by atoms with Crippen molar-refractivity contribution in [2.45, 2.75) is 52.1 Å². The fraction of sp³-hybridized carbons (Fsp3) is 0.579. The van der Waals surface area contributed by atoms with Gasteiger partial charge in [0, 0.05) is 19.5 Å². The van der Waals surface area contributed by atoms with Gasteiger partial charge < -0.3 is 10.6 Å². The Hall–Kier alpha value is -1.88. The SMILES string of the molecule is CCc1ccc(C(C)NC(=O)CN2CCCC(NC(C)=O)C2)cc1. The van der Waals surface area contributed by atoms with Crippen molar-refractivity contribution in [2.75, 3.05) is 19.6 Å². The van der Waals surface area contributed by atoms with Gasteiger partial charge in [0.25, 0.3) is 0 Å². The molecular weight excluding hydrogens is 302 g/mol. The molecule has 1 aliphatic heterocycles. The van der Waals surface area contributed by atoms with Crippen LogP contribution in [0.5, 0.6) is 0 Å². The van der Waals surface area contributed by atoms with Crippen LogP contribution in [0.15, 0.2) is 24.3 Å². The molecule has 0 spiro atoms. The largest absolute Gasteiger partial charge is 0.352 e. The molecule has 2 unspecified atom stereocenters. The second-order valence-electron chi connectivity index (χ2n) is 6.66. The van der Waals surface area contributed by atoms with Crippen LogP contribution in [-0.2, 0) is 16.0 Å². The van der Waals surface area contributed by atoms with E-state index in [9.17, 15) is 9.59 Å². The Kier molecular flexibility index (Phi) is 6.79. The number of nitrogens with one attached hydrogen (secondary N) is 2. The number of amides is 2. The number of carbonyl (C=O) groups excluding carboxylic acids is 2. The molecule has 1 fully saturated rings. The fourth-order valence-electron chi connectivity index (χ4n) is 3.22. The summed E-state index contributed by atoms with van der Waals surface area (Å²) in [5, 5.41) is 6.02. The van der Waals surface area contributed by atoms with Gasteiger partial charge in [0.05, 0.1) is 12.6 Å². The molecule has 1 aromatic rings. The fourth-order valence-corrected chi connectivity index (χ4v) is 3.22. The lowest BCUT2D eigenvalue weighted by molar-refractivity contribution is -0.123. The first-order valence-corrected chi connectivity index (χ1v) is 8.85. The van der Waals surface area contributed by atoms with Crippen molar-refractivity contribution in [2.24, 2.45) is 0 Å². The summed E-state index contributed by atoms with van der Waals surface area (Å²) in [6, 6.07) is 8.54. The number of hydrogen-bond acceptors (Lipinski definition) is 3. The topological polar surface area (TPSA) is 61.4 Å². The van der Waals surface area contributed by atoms with Gasteiger partial charge in [-0.15, -0.1) is 0 Å². The van der Waals surface area contributed by atoms with E-state index in [1.165, 1.54) is 12.5 Å². The van der Waals surface area contributed by atoms with Crippen molar-refractivity contribution < 1.29 is 9.59 Å². The summed E-state index contributed by atoms with van der Waals surface area (Å²) in [6.07, 6.45) is 3.01. The quantitative estimate of drug-likeness (QED) is 0.838. The van der Waals surface area contributed by atoms with Gasteiger partial charge in [-0.2, -0.15) is 0 Å². The van der Waals surface area contributed by atoms with Crippen LogP contribution in [0.2, 0.25) is 0 Å². The van der Waals surface area contributed by atoms with Crippen molar-refractivity contribution >= 4 is 11.8 Å². The monoisotopic (exact) mass is 331 g/mol. The van der Waals surface area contributed by atoms with E-state index < -0.39 is 0 Å². The third-order valence-corrected chi connectivity index (χ3v) is 4.55. The second kappa shape index (κ2) is 8.83. The molecule has 132 valence electrons. The third-order valence-electron chi connectivity index (χ3n) is 4.55. The third kappa shape index (κ3) is 5.64. The Morgan fingerprint density at radius 2 is 2.00 bits per heavy atom. The highest BCUT2D eigenvalue weighted by Gasteiger charge is 2.22. The average molecular weight is 331 g/mol. The summed E-state index contributed by atoms with van der Waals surface area (Å²) in [7, 11) is 0. The van der Waals surface area contributed by atoms with E-state index in [0.29, 0.717) is 6.54 Å². The standard InChI is InChI=1S/C19H29N3O2/c1-4-16-7-9-17(10-8-16)14(2)20-19(24)13-22-11-5-6-18(12-22)21-15(3)23/h7-10,14,18H,4-6,11-13H2,1-3H3,(H,20,24)(H,21,23). The first-order chi connectivity index (χ1) is 11.5. The molecule has 2 amide bonds. The average Bonchev–Trinajstić information content (AvgIpc) is 2.54. The molecule has 1 saturated heterocycles. The lowest BCUT2D eigenvalue weighted by atomic mass is 10.0. The summed E-state index contributed by atoms with van der Waals surface area (Å²) in [4.78, 5) is 25.6. The molecule has 24 heavy (non-hydrogen) atoms. The van der Waals surface area contributed by atoms with E-state index in [0.717, 1.165) is 37.9 Å². The van der Waals surface area contributed by atoms with Crippen LogP contribution in [0.4, 0.5) is 0 Å². The highest BCUT2D eigenvalue weighted by Crippen LogP contribution is 2.14. The molecule has 1 heterocycles. The van der Waals surface area contributed by atoms with Crippen LogP contribution < -0.4 is 10.6 Å². The maximum atomic E-state index is 12.3. The van der Waals surface area contributed by atoms with Crippen molar-refractivity contribution in [1.29, 1.82) is 0 Å². The highest BCUT2D eigenvalue weighted by molar-refractivity contribution is 5.78. The summed E-state index contributed by atoms with van der Waals surface area (Å²) < 4.78 is 0. The number of carbonyl (C=O) groups is 2. The number of likely N-dealkylation sites (tertiary alicyclic amines) is 1. The maximum Gasteiger partial charge on any atom is 0.234 e. The van der Waals surface area contributed by atoms with Crippen LogP contribution in [0.3, 0.4) is 0 Å². The molecule has 0 bridgehead atoms.